The van der Waals surface area contributed by atoms with Crippen LogP contribution in [0.5, 0.6) is 0 Å². The van der Waals surface area contributed by atoms with Crippen LogP contribution < -0.4 is 0 Å². The zero-order valence-electron chi connectivity index (χ0n) is 10.8. The molecule has 0 aliphatic heterocycles. The molecule has 0 rings (SSSR count). The molecular weight excluding hydrogens is 206 g/mol. The SMILES string of the molecule is CCCCOCN(CCO)COCCCC. The van der Waals surface area contributed by atoms with Crippen molar-refractivity contribution in [3.8, 4) is 0 Å². The Labute approximate surface area is 99.5 Å². The van der Waals surface area contributed by atoms with E-state index in [1.54, 1.807) is 0 Å². The summed E-state index contributed by atoms with van der Waals surface area (Å²) in [4.78, 5) is 1.98. The first-order valence-electron chi connectivity index (χ1n) is 6.33. The molecule has 1 N–H and O–H groups in total. The number of aliphatic hydroxyl groups is 1. The van der Waals surface area contributed by atoms with Gasteiger partial charge in [0.2, 0.25) is 0 Å². The topological polar surface area (TPSA) is 41.9 Å². The van der Waals surface area contributed by atoms with Gasteiger partial charge in [0.1, 0.15) is 13.5 Å². The predicted molar refractivity (Wildman–Crippen MR) is 65.2 cm³/mol. The molecule has 0 bridgehead atoms. The van der Waals surface area contributed by atoms with Gasteiger partial charge >= 0.3 is 0 Å². The largest absolute Gasteiger partial charge is 0.395 e. The van der Waals surface area contributed by atoms with Gasteiger partial charge in [-0.25, -0.2) is 0 Å². The lowest BCUT2D eigenvalue weighted by atomic mass is 10.4. The van der Waals surface area contributed by atoms with Crippen molar-refractivity contribution in [3.05, 3.63) is 0 Å². The third kappa shape index (κ3) is 10.4. The highest BCUT2D eigenvalue weighted by Gasteiger charge is 2.03. The van der Waals surface area contributed by atoms with E-state index in [9.17, 15) is 0 Å². The number of rotatable bonds is 12. The lowest BCUT2D eigenvalue weighted by Crippen LogP contribution is -2.32. The number of ether oxygens (including phenoxy) is 2. The van der Waals surface area contributed by atoms with Gasteiger partial charge in [-0.1, -0.05) is 26.7 Å². The maximum Gasteiger partial charge on any atom is 0.101 e. The van der Waals surface area contributed by atoms with Gasteiger partial charge in [-0.2, -0.15) is 0 Å². The summed E-state index contributed by atoms with van der Waals surface area (Å²) in [5, 5.41) is 8.89. The van der Waals surface area contributed by atoms with Gasteiger partial charge in [-0.15, -0.1) is 0 Å². The fraction of sp³-hybridized carbons (Fsp3) is 1.00. The molecule has 0 aromatic rings. The van der Waals surface area contributed by atoms with Gasteiger partial charge in [-0.05, 0) is 12.8 Å². The number of nitrogens with zero attached hydrogens (tertiary/aromatic N) is 1. The van der Waals surface area contributed by atoms with Crippen molar-refractivity contribution in [3.63, 3.8) is 0 Å². The zero-order chi connectivity index (χ0) is 12.1. The maximum absolute atomic E-state index is 8.89. The Morgan fingerprint density at radius 3 is 1.81 bits per heavy atom. The minimum atomic E-state index is 0.147. The summed E-state index contributed by atoms with van der Waals surface area (Å²) in [5.74, 6) is 0. The molecule has 4 heteroatoms. The summed E-state index contributed by atoms with van der Waals surface area (Å²) >= 11 is 0. The maximum atomic E-state index is 8.89. The molecular formula is C12H27NO3. The predicted octanol–water partition coefficient (Wildman–Crippen LogP) is 1.83. The Morgan fingerprint density at radius 2 is 1.44 bits per heavy atom. The van der Waals surface area contributed by atoms with Crippen LogP contribution in [0.15, 0.2) is 0 Å². The van der Waals surface area contributed by atoms with Gasteiger partial charge in [0.15, 0.2) is 0 Å². The van der Waals surface area contributed by atoms with E-state index in [2.05, 4.69) is 13.8 Å². The minimum absolute atomic E-state index is 0.147. The third-order valence-electron chi connectivity index (χ3n) is 2.25. The van der Waals surface area contributed by atoms with Crippen LogP contribution >= 0.6 is 0 Å². The average molecular weight is 233 g/mol. The molecule has 0 aliphatic rings. The Bertz CT molecular complexity index is 121. The number of unbranched alkanes of at least 4 members (excludes halogenated alkanes) is 2. The van der Waals surface area contributed by atoms with Crippen LogP contribution in [0, 0.1) is 0 Å². The summed E-state index contributed by atoms with van der Waals surface area (Å²) < 4.78 is 11.0. The summed E-state index contributed by atoms with van der Waals surface area (Å²) in [5.41, 5.74) is 0. The van der Waals surface area contributed by atoms with Gasteiger partial charge in [0, 0.05) is 19.8 Å². The van der Waals surface area contributed by atoms with E-state index in [4.69, 9.17) is 14.6 Å². The van der Waals surface area contributed by atoms with E-state index in [0.29, 0.717) is 20.0 Å². The molecule has 0 radical (unpaired) electrons. The monoisotopic (exact) mass is 233 g/mol. The molecule has 0 aromatic carbocycles. The summed E-state index contributed by atoms with van der Waals surface area (Å²) in [7, 11) is 0. The molecule has 0 heterocycles. The molecule has 0 spiro atoms. The lowest BCUT2D eigenvalue weighted by molar-refractivity contribution is -0.0511. The van der Waals surface area contributed by atoms with Crippen molar-refractivity contribution in [2.75, 3.05) is 39.8 Å². The first kappa shape index (κ1) is 15.8. The molecule has 0 unspecified atom stereocenters. The van der Waals surface area contributed by atoms with Gasteiger partial charge in [-0.3, -0.25) is 4.90 Å². The second-order valence-electron chi connectivity index (χ2n) is 3.90. The zero-order valence-corrected chi connectivity index (χ0v) is 10.8. The second-order valence-corrected chi connectivity index (χ2v) is 3.90. The molecule has 0 fully saturated rings. The highest BCUT2D eigenvalue weighted by Crippen LogP contribution is 1.95. The molecule has 0 atom stereocenters. The fourth-order valence-corrected chi connectivity index (χ4v) is 1.19. The third-order valence-corrected chi connectivity index (χ3v) is 2.25. The van der Waals surface area contributed by atoms with Crippen molar-refractivity contribution >= 4 is 0 Å². The summed E-state index contributed by atoms with van der Waals surface area (Å²) in [6.07, 6.45) is 4.47. The van der Waals surface area contributed by atoms with Crippen LogP contribution in [0.3, 0.4) is 0 Å². The smallest absolute Gasteiger partial charge is 0.101 e. The second kappa shape index (κ2) is 12.9. The van der Waals surface area contributed by atoms with Gasteiger partial charge in [0.05, 0.1) is 6.61 Å². The van der Waals surface area contributed by atoms with Crippen molar-refractivity contribution in [1.29, 1.82) is 0 Å². The Kier molecular flexibility index (Phi) is 12.8. The normalized spacial score (nSPS) is 11.2. The summed E-state index contributed by atoms with van der Waals surface area (Å²) in [6, 6.07) is 0. The summed E-state index contributed by atoms with van der Waals surface area (Å²) in [6.45, 7) is 7.71. The van der Waals surface area contributed by atoms with Crippen LogP contribution in [0.2, 0.25) is 0 Å². The van der Waals surface area contributed by atoms with Crippen molar-refractivity contribution < 1.29 is 14.6 Å². The molecule has 0 amide bonds. The van der Waals surface area contributed by atoms with Crippen LogP contribution in [-0.4, -0.2) is 49.8 Å². The Balaban J connectivity index is 3.45. The van der Waals surface area contributed by atoms with E-state index < -0.39 is 0 Å². The Hall–Kier alpha value is -0.160. The van der Waals surface area contributed by atoms with E-state index in [1.807, 2.05) is 4.90 Å². The standard InChI is InChI=1S/C12H27NO3/c1-3-5-9-15-11-13(7-8-14)12-16-10-6-4-2/h14H,3-12H2,1-2H3. The highest BCUT2D eigenvalue weighted by molar-refractivity contribution is 4.46. The van der Waals surface area contributed by atoms with Crippen LogP contribution in [-0.2, 0) is 9.47 Å². The van der Waals surface area contributed by atoms with Crippen LogP contribution in [0.1, 0.15) is 39.5 Å². The molecule has 0 aromatic heterocycles. The van der Waals surface area contributed by atoms with Gasteiger partial charge < -0.3 is 14.6 Å². The lowest BCUT2D eigenvalue weighted by Gasteiger charge is -2.20. The van der Waals surface area contributed by atoms with E-state index in [0.717, 1.165) is 38.9 Å². The van der Waals surface area contributed by atoms with Crippen LogP contribution in [0.4, 0.5) is 0 Å². The number of hydrogen-bond donors (Lipinski definition) is 1. The quantitative estimate of drug-likeness (QED) is 0.412. The fourth-order valence-electron chi connectivity index (χ4n) is 1.19. The number of aliphatic hydroxyl groups excluding tert-OH is 1. The molecule has 0 saturated heterocycles. The molecule has 16 heavy (non-hydrogen) atoms. The molecule has 0 aliphatic carbocycles. The first-order valence-corrected chi connectivity index (χ1v) is 6.33. The van der Waals surface area contributed by atoms with Gasteiger partial charge in [0.25, 0.3) is 0 Å². The molecule has 98 valence electrons. The van der Waals surface area contributed by atoms with E-state index in [-0.39, 0.29) is 6.61 Å². The molecule has 0 saturated carbocycles. The van der Waals surface area contributed by atoms with Crippen LogP contribution in [0.25, 0.3) is 0 Å². The van der Waals surface area contributed by atoms with Crippen molar-refractivity contribution in [2.45, 2.75) is 39.5 Å². The van der Waals surface area contributed by atoms with E-state index in [1.165, 1.54) is 0 Å². The minimum Gasteiger partial charge on any atom is -0.395 e. The Morgan fingerprint density at radius 1 is 0.938 bits per heavy atom. The first-order chi connectivity index (χ1) is 7.85. The van der Waals surface area contributed by atoms with Crippen molar-refractivity contribution in [2.24, 2.45) is 0 Å². The van der Waals surface area contributed by atoms with E-state index >= 15 is 0 Å². The average Bonchev–Trinajstić information content (AvgIpc) is 2.30. The van der Waals surface area contributed by atoms with Crippen molar-refractivity contribution in [1.82, 2.24) is 4.90 Å². The molecule has 4 nitrogen and oxygen atoms in total. The number of hydrogen-bond acceptors (Lipinski definition) is 4. The highest BCUT2D eigenvalue weighted by atomic mass is 16.5.